The number of nitrogens with zero attached hydrogens (tertiary/aromatic N) is 1. The molecule has 0 aliphatic heterocycles. The van der Waals surface area contributed by atoms with Gasteiger partial charge >= 0.3 is 5.97 Å². The van der Waals surface area contributed by atoms with Gasteiger partial charge in [0, 0.05) is 10.8 Å². The van der Waals surface area contributed by atoms with Crippen molar-refractivity contribution in [1.82, 2.24) is 5.16 Å². The Morgan fingerprint density at radius 3 is 2.62 bits per heavy atom. The van der Waals surface area contributed by atoms with Crippen LogP contribution in [0.1, 0.15) is 36.8 Å². The van der Waals surface area contributed by atoms with Gasteiger partial charge in [-0.1, -0.05) is 25.9 Å². The first kappa shape index (κ1) is 10.7. The molecular formula is C12H13NO3. The zero-order chi connectivity index (χ0) is 11.9. The van der Waals surface area contributed by atoms with Crippen LogP contribution in [0.4, 0.5) is 0 Å². The van der Waals surface area contributed by atoms with Crippen LogP contribution in [0.5, 0.6) is 0 Å². The van der Waals surface area contributed by atoms with Gasteiger partial charge in [0.15, 0.2) is 5.58 Å². The number of hydrogen-bond donors (Lipinski definition) is 1. The highest BCUT2D eigenvalue weighted by atomic mass is 16.5. The van der Waals surface area contributed by atoms with Crippen molar-refractivity contribution in [3.05, 3.63) is 29.5 Å². The van der Waals surface area contributed by atoms with Crippen molar-refractivity contribution in [2.75, 3.05) is 0 Å². The van der Waals surface area contributed by atoms with E-state index < -0.39 is 5.97 Å². The van der Waals surface area contributed by atoms with Crippen LogP contribution in [0, 0.1) is 0 Å². The minimum Gasteiger partial charge on any atom is -0.478 e. The van der Waals surface area contributed by atoms with Crippen molar-refractivity contribution >= 4 is 16.9 Å². The van der Waals surface area contributed by atoms with E-state index in [1.807, 2.05) is 20.8 Å². The van der Waals surface area contributed by atoms with Gasteiger partial charge < -0.3 is 9.63 Å². The summed E-state index contributed by atoms with van der Waals surface area (Å²) in [4.78, 5) is 10.9. The molecule has 1 N–H and O–H groups in total. The summed E-state index contributed by atoms with van der Waals surface area (Å²) in [5.41, 5.74) is 1.49. The summed E-state index contributed by atoms with van der Waals surface area (Å²) in [6.07, 6.45) is 0. The van der Waals surface area contributed by atoms with Gasteiger partial charge in [-0.25, -0.2) is 4.79 Å². The molecule has 0 aliphatic rings. The highest BCUT2D eigenvalue weighted by Crippen LogP contribution is 2.29. The van der Waals surface area contributed by atoms with Crippen molar-refractivity contribution in [3.8, 4) is 0 Å². The monoisotopic (exact) mass is 219 g/mol. The van der Waals surface area contributed by atoms with Crippen LogP contribution in [0.25, 0.3) is 11.0 Å². The fourth-order valence-corrected chi connectivity index (χ4v) is 1.61. The van der Waals surface area contributed by atoms with Crippen LogP contribution >= 0.6 is 0 Å². The molecule has 0 aliphatic carbocycles. The zero-order valence-electron chi connectivity index (χ0n) is 9.44. The van der Waals surface area contributed by atoms with E-state index in [9.17, 15) is 4.79 Å². The molecule has 2 rings (SSSR count). The van der Waals surface area contributed by atoms with Gasteiger partial charge in [-0.2, -0.15) is 0 Å². The number of fused-ring (bicyclic) bond motifs is 1. The summed E-state index contributed by atoms with van der Waals surface area (Å²) in [7, 11) is 0. The molecule has 0 fully saturated rings. The molecule has 0 atom stereocenters. The zero-order valence-corrected chi connectivity index (χ0v) is 9.44. The molecule has 0 saturated carbocycles. The van der Waals surface area contributed by atoms with Crippen molar-refractivity contribution in [2.45, 2.75) is 26.2 Å². The molecule has 84 valence electrons. The van der Waals surface area contributed by atoms with E-state index in [0.29, 0.717) is 5.58 Å². The van der Waals surface area contributed by atoms with Crippen molar-refractivity contribution in [3.63, 3.8) is 0 Å². The second-order valence-corrected chi connectivity index (χ2v) is 4.80. The van der Waals surface area contributed by atoms with Gasteiger partial charge in [-0.05, 0) is 18.2 Å². The quantitative estimate of drug-likeness (QED) is 0.801. The molecule has 0 amide bonds. The van der Waals surface area contributed by atoms with E-state index in [-0.39, 0.29) is 11.0 Å². The highest BCUT2D eigenvalue weighted by Gasteiger charge is 2.22. The fourth-order valence-electron chi connectivity index (χ4n) is 1.61. The summed E-state index contributed by atoms with van der Waals surface area (Å²) in [5, 5.41) is 13.7. The Bertz CT molecular complexity index is 549. The number of rotatable bonds is 1. The first-order valence-corrected chi connectivity index (χ1v) is 5.03. The Morgan fingerprint density at radius 1 is 1.38 bits per heavy atom. The van der Waals surface area contributed by atoms with Crippen LogP contribution in [0.15, 0.2) is 22.7 Å². The van der Waals surface area contributed by atoms with Crippen molar-refractivity contribution in [2.24, 2.45) is 0 Å². The normalized spacial score (nSPS) is 11.9. The van der Waals surface area contributed by atoms with Crippen molar-refractivity contribution in [1.29, 1.82) is 0 Å². The fraction of sp³-hybridized carbons (Fsp3) is 0.333. The summed E-state index contributed by atoms with van der Waals surface area (Å²) in [6.45, 7) is 6.03. The third-order valence-corrected chi connectivity index (χ3v) is 2.43. The highest BCUT2D eigenvalue weighted by molar-refractivity contribution is 5.93. The largest absolute Gasteiger partial charge is 0.478 e. The van der Waals surface area contributed by atoms with E-state index in [2.05, 4.69) is 5.16 Å². The Hall–Kier alpha value is -1.84. The molecule has 0 saturated heterocycles. The minimum absolute atomic E-state index is 0.164. The lowest BCUT2D eigenvalue weighted by atomic mass is 9.89. The van der Waals surface area contributed by atoms with Crippen LogP contribution in [0.3, 0.4) is 0 Å². The topological polar surface area (TPSA) is 63.3 Å². The molecular weight excluding hydrogens is 206 g/mol. The first-order valence-electron chi connectivity index (χ1n) is 5.03. The molecule has 1 heterocycles. The predicted molar refractivity (Wildman–Crippen MR) is 59.7 cm³/mol. The number of carbonyl (C=O) groups is 1. The maximum atomic E-state index is 10.9. The molecule has 0 bridgehead atoms. The summed E-state index contributed by atoms with van der Waals surface area (Å²) >= 11 is 0. The van der Waals surface area contributed by atoms with Crippen LogP contribution < -0.4 is 0 Å². The standard InChI is InChI=1S/C12H13NO3/c1-12(2,3)10-8-6-7(11(14)15)4-5-9(8)16-13-10/h4-6H,1-3H3,(H,14,15). The Kier molecular flexibility index (Phi) is 2.22. The maximum Gasteiger partial charge on any atom is 0.335 e. The molecule has 0 spiro atoms. The summed E-state index contributed by atoms with van der Waals surface area (Å²) in [6, 6.07) is 4.76. The van der Waals surface area contributed by atoms with E-state index in [0.717, 1.165) is 11.1 Å². The molecule has 16 heavy (non-hydrogen) atoms. The molecule has 0 unspecified atom stereocenters. The SMILES string of the molecule is CC(C)(C)c1noc2ccc(C(=O)O)cc12. The molecule has 2 aromatic rings. The lowest BCUT2D eigenvalue weighted by molar-refractivity contribution is 0.0697. The van der Waals surface area contributed by atoms with E-state index in [1.54, 1.807) is 12.1 Å². The average Bonchev–Trinajstić information content (AvgIpc) is 2.58. The minimum atomic E-state index is -0.942. The van der Waals surface area contributed by atoms with E-state index in [1.165, 1.54) is 6.07 Å². The van der Waals surface area contributed by atoms with Crippen LogP contribution in [0.2, 0.25) is 0 Å². The van der Waals surface area contributed by atoms with Gasteiger partial charge in [0.1, 0.15) is 0 Å². The van der Waals surface area contributed by atoms with Crippen LogP contribution in [-0.4, -0.2) is 16.2 Å². The van der Waals surface area contributed by atoms with Gasteiger partial charge in [-0.15, -0.1) is 0 Å². The maximum absolute atomic E-state index is 10.9. The van der Waals surface area contributed by atoms with Gasteiger partial charge in [0.25, 0.3) is 0 Å². The van der Waals surface area contributed by atoms with Gasteiger partial charge in [0.05, 0.1) is 11.3 Å². The number of aromatic carboxylic acids is 1. The Morgan fingerprint density at radius 2 is 2.06 bits per heavy atom. The van der Waals surface area contributed by atoms with E-state index in [4.69, 9.17) is 9.63 Å². The van der Waals surface area contributed by atoms with Crippen molar-refractivity contribution < 1.29 is 14.4 Å². The Balaban J connectivity index is 2.70. The predicted octanol–water partition coefficient (Wildman–Crippen LogP) is 2.82. The third kappa shape index (κ3) is 1.66. The number of aromatic nitrogens is 1. The summed E-state index contributed by atoms with van der Waals surface area (Å²) in [5.74, 6) is -0.942. The number of carboxylic acid groups (broad SMARTS) is 1. The number of carboxylic acids is 1. The van der Waals surface area contributed by atoms with Crippen LogP contribution in [-0.2, 0) is 5.41 Å². The average molecular weight is 219 g/mol. The van der Waals surface area contributed by atoms with Gasteiger partial charge in [-0.3, -0.25) is 0 Å². The molecule has 1 aromatic carbocycles. The molecule has 4 heteroatoms. The third-order valence-electron chi connectivity index (χ3n) is 2.43. The molecule has 4 nitrogen and oxygen atoms in total. The smallest absolute Gasteiger partial charge is 0.335 e. The number of benzene rings is 1. The second kappa shape index (κ2) is 3.33. The first-order chi connectivity index (χ1) is 7.39. The molecule has 1 aromatic heterocycles. The Labute approximate surface area is 92.9 Å². The molecule has 0 radical (unpaired) electrons. The lowest BCUT2D eigenvalue weighted by Crippen LogP contribution is -2.11. The van der Waals surface area contributed by atoms with E-state index >= 15 is 0 Å². The van der Waals surface area contributed by atoms with Gasteiger partial charge in [0.2, 0.25) is 0 Å². The summed E-state index contributed by atoms with van der Waals surface area (Å²) < 4.78 is 5.17. The lowest BCUT2D eigenvalue weighted by Gasteiger charge is -2.14. The second-order valence-electron chi connectivity index (χ2n) is 4.80. The number of hydrogen-bond acceptors (Lipinski definition) is 3.